The van der Waals surface area contributed by atoms with Gasteiger partial charge in [-0.3, -0.25) is 4.79 Å². The second-order valence-corrected chi connectivity index (χ2v) is 2.87. The van der Waals surface area contributed by atoms with E-state index in [1.807, 2.05) is 0 Å². The summed E-state index contributed by atoms with van der Waals surface area (Å²) in [5.74, 6) is 0.327. The lowest BCUT2D eigenvalue weighted by Gasteiger charge is -2.21. The van der Waals surface area contributed by atoms with Crippen LogP contribution in [0.3, 0.4) is 0 Å². The summed E-state index contributed by atoms with van der Waals surface area (Å²) >= 11 is 0. The van der Waals surface area contributed by atoms with Gasteiger partial charge in [0.25, 0.3) is 0 Å². The monoisotopic (exact) mass is 182 g/mol. The van der Waals surface area contributed by atoms with E-state index in [1.165, 1.54) is 13.4 Å². The van der Waals surface area contributed by atoms with Crippen molar-refractivity contribution in [2.45, 2.75) is 6.54 Å². The third kappa shape index (κ3) is 1.34. The standard InChI is InChI=1S/C7H10N4O2/c1-13-6(12)5-2-8-7-9-4-10-11(7)3-5/h4-5H,2-3H2,1H3,(H,8,9,10). The number of aromatic nitrogens is 3. The van der Waals surface area contributed by atoms with Crippen LogP contribution in [-0.4, -0.2) is 34.4 Å². The minimum atomic E-state index is -0.214. The number of methoxy groups -OCH3 is 1. The van der Waals surface area contributed by atoms with Gasteiger partial charge in [-0.1, -0.05) is 0 Å². The summed E-state index contributed by atoms with van der Waals surface area (Å²) < 4.78 is 6.30. The summed E-state index contributed by atoms with van der Waals surface area (Å²) in [6.07, 6.45) is 1.46. The van der Waals surface area contributed by atoms with Crippen molar-refractivity contribution < 1.29 is 9.53 Å². The Hall–Kier alpha value is -1.59. The lowest BCUT2D eigenvalue weighted by atomic mass is 10.1. The van der Waals surface area contributed by atoms with E-state index in [0.29, 0.717) is 19.0 Å². The zero-order valence-corrected chi connectivity index (χ0v) is 7.23. The number of esters is 1. The van der Waals surface area contributed by atoms with Crippen molar-refractivity contribution in [1.82, 2.24) is 14.8 Å². The first-order chi connectivity index (χ1) is 6.31. The average Bonchev–Trinajstić information content (AvgIpc) is 2.63. The molecule has 0 fully saturated rings. The summed E-state index contributed by atoms with van der Waals surface area (Å²) in [6, 6.07) is 0. The molecule has 0 aromatic carbocycles. The summed E-state index contributed by atoms with van der Waals surface area (Å²) in [7, 11) is 1.39. The minimum absolute atomic E-state index is 0.167. The van der Waals surface area contributed by atoms with E-state index in [2.05, 4.69) is 20.1 Å². The third-order valence-corrected chi connectivity index (χ3v) is 2.05. The Balaban J connectivity index is 2.13. The number of hydrogen-bond acceptors (Lipinski definition) is 5. The van der Waals surface area contributed by atoms with Gasteiger partial charge >= 0.3 is 5.97 Å². The summed E-state index contributed by atoms with van der Waals surface area (Å²) in [6.45, 7) is 1.10. The maximum absolute atomic E-state index is 11.2. The zero-order valence-electron chi connectivity index (χ0n) is 7.23. The lowest BCUT2D eigenvalue weighted by Crippen LogP contribution is -2.34. The number of carbonyl (C=O) groups is 1. The van der Waals surface area contributed by atoms with E-state index < -0.39 is 0 Å². The Morgan fingerprint density at radius 3 is 3.46 bits per heavy atom. The number of rotatable bonds is 1. The highest BCUT2D eigenvalue weighted by molar-refractivity contribution is 5.73. The van der Waals surface area contributed by atoms with E-state index in [4.69, 9.17) is 0 Å². The fourth-order valence-corrected chi connectivity index (χ4v) is 1.35. The molecule has 6 heteroatoms. The topological polar surface area (TPSA) is 69.0 Å². The molecule has 0 saturated carbocycles. The molecule has 0 aliphatic carbocycles. The molecular weight excluding hydrogens is 172 g/mol. The molecular formula is C7H10N4O2. The summed E-state index contributed by atoms with van der Waals surface area (Å²) in [4.78, 5) is 15.1. The fourth-order valence-electron chi connectivity index (χ4n) is 1.35. The molecule has 1 N–H and O–H groups in total. The fraction of sp³-hybridized carbons (Fsp3) is 0.571. The van der Waals surface area contributed by atoms with Crippen LogP contribution in [0.4, 0.5) is 5.95 Å². The largest absolute Gasteiger partial charge is 0.469 e. The average molecular weight is 182 g/mol. The number of fused-ring (bicyclic) bond motifs is 1. The first-order valence-electron chi connectivity index (χ1n) is 4.01. The normalized spacial score (nSPS) is 20.2. The van der Waals surface area contributed by atoms with Gasteiger partial charge in [0.1, 0.15) is 6.33 Å². The Labute approximate surface area is 74.9 Å². The van der Waals surface area contributed by atoms with Gasteiger partial charge in [-0.05, 0) is 0 Å². The lowest BCUT2D eigenvalue weighted by molar-refractivity contribution is -0.145. The molecule has 1 aliphatic heterocycles. The Kier molecular flexibility index (Phi) is 1.88. The maximum atomic E-state index is 11.2. The van der Waals surface area contributed by atoms with E-state index in [-0.39, 0.29) is 11.9 Å². The van der Waals surface area contributed by atoms with Crippen molar-refractivity contribution >= 4 is 11.9 Å². The number of carbonyl (C=O) groups excluding carboxylic acids is 1. The van der Waals surface area contributed by atoms with E-state index in [9.17, 15) is 4.79 Å². The number of nitrogens with one attached hydrogen (secondary N) is 1. The van der Waals surface area contributed by atoms with Crippen molar-refractivity contribution in [3.8, 4) is 0 Å². The van der Waals surface area contributed by atoms with Crippen LogP contribution in [0.1, 0.15) is 0 Å². The highest BCUT2D eigenvalue weighted by atomic mass is 16.5. The quantitative estimate of drug-likeness (QED) is 0.592. The van der Waals surface area contributed by atoms with Crippen molar-refractivity contribution in [1.29, 1.82) is 0 Å². The predicted molar refractivity (Wildman–Crippen MR) is 44.0 cm³/mol. The van der Waals surface area contributed by atoms with Gasteiger partial charge in [0, 0.05) is 6.54 Å². The van der Waals surface area contributed by atoms with E-state index in [1.54, 1.807) is 4.68 Å². The van der Waals surface area contributed by atoms with Gasteiger partial charge in [0.05, 0.1) is 19.6 Å². The summed E-state index contributed by atoms with van der Waals surface area (Å²) in [5, 5.41) is 6.96. The Morgan fingerprint density at radius 1 is 1.85 bits per heavy atom. The van der Waals surface area contributed by atoms with Crippen molar-refractivity contribution in [2.24, 2.45) is 5.92 Å². The van der Waals surface area contributed by atoms with E-state index >= 15 is 0 Å². The van der Waals surface area contributed by atoms with Crippen LogP contribution in [-0.2, 0) is 16.1 Å². The minimum Gasteiger partial charge on any atom is -0.469 e. The molecule has 1 unspecified atom stereocenters. The molecule has 0 bridgehead atoms. The molecule has 2 heterocycles. The first kappa shape index (κ1) is 8.03. The molecule has 0 spiro atoms. The SMILES string of the molecule is COC(=O)C1CNc2ncnn2C1. The Morgan fingerprint density at radius 2 is 2.69 bits per heavy atom. The molecule has 13 heavy (non-hydrogen) atoms. The zero-order chi connectivity index (χ0) is 9.26. The molecule has 2 rings (SSSR count). The van der Waals surface area contributed by atoms with Crippen molar-refractivity contribution in [2.75, 3.05) is 19.0 Å². The molecule has 1 aliphatic rings. The van der Waals surface area contributed by atoms with Crippen LogP contribution in [0.2, 0.25) is 0 Å². The number of hydrogen-bond donors (Lipinski definition) is 1. The van der Waals surface area contributed by atoms with Gasteiger partial charge in [-0.25, -0.2) is 4.68 Å². The second-order valence-electron chi connectivity index (χ2n) is 2.87. The highest BCUT2D eigenvalue weighted by Gasteiger charge is 2.25. The molecule has 1 atom stereocenters. The van der Waals surface area contributed by atoms with Gasteiger partial charge < -0.3 is 10.1 Å². The molecule has 1 aromatic heterocycles. The highest BCUT2D eigenvalue weighted by Crippen LogP contribution is 2.14. The first-order valence-corrected chi connectivity index (χ1v) is 4.01. The van der Waals surface area contributed by atoms with Crippen LogP contribution in [0.15, 0.2) is 6.33 Å². The van der Waals surface area contributed by atoms with Gasteiger partial charge in [0.2, 0.25) is 5.95 Å². The molecule has 1 aromatic rings. The van der Waals surface area contributed by atoms with Crippen molar-refractivity contribution in [3.05, 3.63) is 6.33 Å². The Bertz CT molecular complexity index is 322. The van der Waals surface area contributed by atoms with E-state index in [0.717, 1.165) is 0 Å². The van der Waals surface area contributed by atoms with Crippen LogP contribution in [0, 0.1) is 5.92 Å². The van der Waals surface area contributed by atoms with Gasteiger partial charge in [-0.15, -0.1) is 0 Å². The molecule has 0 amide bonds. The molecule has 0 saturated heterocycles. The van der Waals surface area contributed by atoms with Crippen LogP contribution >= 0.6 is 0 Å². The third-order valence-electron chi connectivity index (χ3n) is 2.05. The summed E-state index contributed by atoms with van der Waals surface area (Å²) in [5.41, 5.74) is 0. The van der Waals surface area contributed by atoms with Crippen molar-refractivity contribution in [3.63, 3.8) is 0 Å². The molecule has 6 nitrogen and oxygen atoms in total. The van der Waals surface area contributed by atoms with Crippen LogP contribution in [0.5, 0.6) is 0 Å². The molecule has 0 radical (unpaired) electrons. The second kappa shape index (κ2) is 3.04. The molecule has 70 valence electrons. The number of ether oxygens (including phenoxy) is 1. The maximum Gasteiger partial charge on any atom is 0.312 e. The van der Waals surface area contributed by atoms with Gasteiger partial charge in [0.15, 0.2) is 0 Å². The number of anilines is 1. The smallest absolute Gasteiger partial charge is 0.312 e. The van der Waals surface area contributed by atoms with Crippen LogP contribution in [0.25, 0.3) is 0 Å². The number of nitrogens with zero attached hydrogens (tertiary/aromatic N) is 3. The van der Waals surface area contributed by atoms with Gasteiger partial charge in [-0.2, -0.15) is 10.1 Å². The predicted octanol–water partition coefficient (Wildman–Crippen LogP) is -0.507. The van der Waals surface area contributed by atoms with Crippen LogP contribution < -0.4 is 5.32 Å².